The average Bonchev–Trinajstić information content (AvgIpc) is 2.48. The number of hydrogen-bond donors (Lipinski definition) is 1. The van der Waals surface area contributed by atoms with Gasteiger partial charge in [0, 0.05) is 13.2 Å². The Bertz CT molecular complexity index is 455. The fourth-order valence-corrected chi connectivity index (χ4v) is 2.15. The minimum Gasteiger partial charge on any atom is -0.492 e. The zero-order valence-electron chi connectivity index (χ0n) is 11.8. The molecule has 110 valence electrons. The lowest BCUT2D eigenvalue weighted by Crippen LogP contribution is -2.22. The average molecular weight is 279 g/mol. The number of carbonyl (C=O) groups is 1. The van der Waals surface area contributed by atoms with Crippen LogP contribution in [0, 0.1) is 5.92 Å². The first kappa shape index (κ1) is 14.7. The fourth-order valence-electron chi connectivity index (χ4n) is 2.15. The monoisotopic (exact) mass is 279 g/mol. The molecule has 0 aromatic heterocycles. The Morgan fingerprint density at radius 2 is 2.15 bits per heavy atom. The molecule has 20 heavy (non-hydrogen) atoms. The number of anilines is 1. The second-order valence-corrected chi connectivity index (χ2v) is 4.84. The van der Waals surface area contributed by atoms with Gasteiger partial charge >= 0.3 is 5.97 Å². The van der Waals surface area contributed by atoms with E-state index in [0.717, 1.165) is 26.1 Å². The molecule has 0 unspecified atom stereocenters. The van der Waals surface area contributed by atoms with Gasteiger partial charge in [-0.1, -0.05) is 0 Å². The van der Waals surface area contributed by atoms with Crippen LogP contribution in [0.5, 0.6) is 5.75 Å². The molecule has 1 saturated heterocycles. The second-order valence-electron chi connectivity index (χ2n) is 4.84. The number of esters is 1. The van der Waals surface area contributed by atoms with Crippen LogP contribution >= 0.6 is 0 Å². The summed E-state index contributed by atoms with van der Waals surface area (Å²) in [6.45, 7) is 4.36. The molecule has 2 N–H and O–H groups in total. The lowest BCUT2D eigenvalue weighted by Gasteiger charge is -2.21. The Morgan fingerprint density at radius 3 is 2.80 bits per heavy atom. The number of nitrogen functional groups attached to an aromatic ring is 1. The molecule has 0 bridgehead atoms. The largest absolute Gasteiger partial charge is 0.492 e. The lowest BCUT2D eigenvalue weighted by atomic mass is 10.0. The highest BCUT2D eigenvalue weighted by molar-refractivity contribution is 5.91. The van der Waals surface area contributed by atoms with Crippen LogP contribution in [0.1, 0.15) is 30.1 Å². The Hall–Kier alpha value is -1.75. The van der Waals surface area contributed by atoms with E-state index >= 15 is 0 Å². The zero-order chi connectivity index (χ0) is 14.4. The first-order valence-corrected chi connectivity index (χ1v) is 6.98. The predicted molar refractivity (Wildman–Crippen MR) is 75.8 cm³/mol. The molecule has 2 rings (SSSR count). The minimum absolute atomic E-state index is 0.341. The smallest absolute Gasteiger partial charge is 0.338 e. The Balaban J connectivity index is 1.89. The van der Waals surface area contributed by atoms with Crippen molar-refractivity contribution in [3.63, 3.8) is 0 Å². The number of ether oxygens (including phenoxy) is 3. The van der Waals surface area contributed by atoms with Crippen LogP contribution in [-0.2, 0) is 9.47 Å². The molecular formula is C15H21NO4. The molecule has 0 radical (unpaired) electrons. The van der Waals surface area contributed by atoms with Gasteiger partial charge in [-0.05, 0) is 43.9 Å². The van der Waals surface area contributed by atoms with Crippen molar-refractivity contribution in [3.05, 3.63) is 23.8 Å². The van der Waals surface area contributed by atoms with E-state index in [1.807, 2.05) is 6.92 Å². The summed E-state index contributed by atoms with van der Waals surface area (Å²) in [7, 11) is 0. The van der Waals surface area contributed by atoms with Gasteiger partial charge < -0.3 is 19.9 Å². The van der Waals surface area contributed by atoms with Gasteiger partial charge in [0.2, 0.25) is 0 Å². The highest BCUT2D eigenvalue weighted by Gasteiger charge is 2.17. The maximum absolute atomic E-state index is 12.0. The number of benzene rings is 1. The van der Waals surface area contributed by atoms with Crippen molar-refractivity contribution in [3.8, 4) is 5.75 Å². The van der Waals surface area contributed by atoms with Crippen LogP contribution in [0.2, 0.25) is 0 Å². The summed E-state index contributed by atoms with van der Waals surface area (Å²) in [4.78, 5) is 12.0. The van der Waals surface area contributed by atoms with Gasteiger partial charge in [-0.25, -0.2) is 4.79 Å². The van der Waals surface area contributed by atoms with Crippen molar-refractivity contribution in [2.75, 3.05) is 32.2 Å². The van der Waals surface area contributed by atoms with Crippen LogP contribution in [0.25, 0.3) is 0 Å². The first-order chi connectivity index (χ1) is 9.70. The maximum atomic E-state index is 12.0. The molecule has 5 nitrogen and oxygen atoms in total. The second kappa shape index (κ2) is 7.14. The summed E-state index contributed by atoms with van der Waals surface area (Å²) in [6.07, 6.45) is 1.89. The summed E-state index contributed by atoms with van der Waals surface area (Å²) >= 11 is 0. The minimum atomic E-state index is -0.341. The van der Waals surface area contributed by atoms with Crippen LogP contribution in [0.3, 0.4) is 0 Å². The molecular weight excluding hydrogens is 258 g/mol. The van der Waals surface area contributed by atoms with Crippen LogP contribution < -0.4 is 10.5 Å². The van der Waals surface area contributed by atoms with E-state index in [1.165, 1.54) is 0 Å². The highest BCUT2D eigenvalue weighted by atomic mass is 16.5. The van der Waals surface area contributed by atoms with Crippen molar-refractivity contribution in [2.45, 2.75) is 19.8 Å². The van der Waals surface area contributed by atoms with Gasteiger partial charge in [-0.2, -0.15) is 0 Å². The van der Waals surface area contributed by atoms with E-state index in [0.29, 0.717) is 36.1 Å². The third kappa shape index (κ3) is 3.87. The maximum Gasteiger partial charge on any atom is 0.338 e. The van der Waals surface area contributed by atoms with E-state index in [4.69, 9.17) is 19.9 Å². The van der Waals surface area contributed by atoms with Crippen molar-refractivity contribution < 1.29 is 19.0 Å². The highest BCUT2D eigenvalue weighted by Crippen LogP contribution is 2.23. The van der Waals surface area contributed by atoms with E-state index in [2.05, 4.69) is 0 Å². The molecule has 0 atom stereocenters. The van der Waals surface area contributed by atoms with Gasteiger partial charge in [0.15, 0.2) is 0 Å². The molecule has 1 heterocycles. The Morgan fingerprint density at radius 1 is 1.40 bits per heavy atom. The van der Waals surface area contributed by atoms with Gasteiger partial charge in [-0.3, -0.25) is 0 Å². The number of rotatable bonds is 5. The zero-order valence-corrected chi connectivity index (χ0v) is 11.8. The predicted octanol–water partition coefficient (Wildman–Crippen LogP) is 2.25. The molecule has 0 spiro atoms. The third-order valence-electron chi connectivity index (χ3n) is 3.34. The normalized spacial score (nSPS) is 15.8. The summed E-state index contributed by atoms with van der Waals surface area (Å²) in [6, 6.07) is 4.97. The molecule has 1 aliphatic rings. The van der Waals surface area contributed by atoms with Crippen molar-refractivity contribution in [2.24, 2.45) is 5.92 Å². The van der Waals surface area contributed by atoms with E-state index in [-0.39, 0.29) is 5.97 Å². The molecule has 1 fully saturated rings. The third-order valence-corrected chi connectivity index (χ3v) is 3.34. The van der Waals surface area contributed by atoms with Crippen LogP contribution in [0.4, 0.5) is 5.69 Å². The number of hydrogen-bond acceptors (Lipinski definition) is 5. The summed E-state index contributed by atoms with van der Waals surface area (Å²) in [5.41, 5.74) is 6.74. The standard InChI is InChI=1S/C15H21NO4/c1-2-19-14-4-3-12(9-13(14)16)15(17)20-10-11-5-7-18-8-6-11/h3-4,9,11H,2,5-8,10,16H2,1H3. The van der Waals surface area contributed by atoms with E-state index < -0.39 is 0 Å². The first-order valence-electron chi connectivity index (χ1n) is 6.98. The summed E-state index contributed by atoms with van der Waals surface area (Å²) in [5.74, 6) is 0.646. The molecule has 1 aromatic carbocycles. The molecule has 5 heteroatoms. The van der Waals surface area contributed by atoms with Crippen molar-refractivity contribution in [1.82, 2.24) is 0 Å². The van der Waals surface area contributed by atoms with E-state index in [9.17, 15) is 4.79 Å². The topological polar surface area (TPSA) is 70.8 Å². The SMILES string of the molecule is CCOc1ccc(C(=O)OCC2CCOCC2)cc1N. The van der Waals surface area contributed by atoms with Gasteiger partial charge in [0.1, 0.15) is 5.75 Å². The van der Waals surface area contributed by atoms with E-state index in [1.54, 1.807) is 18.2 Å². The lowest BCUT2D eigenvalue weighted by molar-refractivity contribution is 0.0185. The number of nitrogens with two attached hydrogens (primary N) is 1. The fraction of sp³-hybridized carbons (Fsp3) is 0.533. The van der Waals surface area contributed by atoms with Gasteiger partial charge in [-0.15, -0.1) is 0 Å². The quantitative estimate of drug-likeness (QED) is 0.661. The van der Waals surface area contributed by atoms with Gasteiger partial charge in [0.25, 0.3) is 0 Å². The summed E-state index contributed by atoms with van der Waals surface area (Å²) < 4.78 is 15.9. The molecule has 0 saturated carbocycles. The number of carbonyl (C=O) groups excluding carboxylic acids is 1. The molecule has 0 amide bonds. The molecule has 1 aromatic rings. The Kier molecular flexibility index (Phi) is 5.24. The summed E-state index contributed by atoms with van der Waals surface area (Å²) in [5, 5.41) is 0. The van der Waals surface area contributed by atoms with Crippen LogP contribution in [0.15, 0.2) is 18.2 Å². The van der Waals surface area contributed by atoms with Gasteiger partial charge in [0.05, 0.1) is 24.5 Å². The van der Waals surface area contributed by atoms with Crippen molar-refractivity contribution in [1.29, 1.82) is 0 Å². The van der Waals surface area contributed by atoms with Crippen molar-refractivity contribution >= 4 is 11.7 Å². The Labute approximate surface area is 119 Å². The molecule has 1 aliphatic heterocycles. The van der Waals surface area contributed by atoms with Crippen LogP contribution in [-0.4, -0.2) is 32.4 Å². The molecule has 0 aliphatic carbocycles.